The molecule has 0 heterocycles. The molecule has 0 aromatic heterocycles. The molecule has 3 N–H and O–H groups in total. The SMILES string of the molecule is C=CC(C)Nc1cc(N)cc(OCC)c1. The highest BCUT2D eigenvalue weighted by atomic mass is 16.5. The molecule has 0 radical (unpaired) electrons. The number of nitrogen functional groups attached to an aromatic ring is 1. The van der Waals surface area contributed by atoms with Crippen LogP contribution in [0.25, 0.3) is 0 Å². The summed E-state index contributed by atoms with van der Waals surface area (Å²) in [6, 6.07) is 5.83. The average molecular weight is 206 g/mol. The number of rotatable bonds is 5. The van der Waals surface area contributed by atoms with E-state index in [1.54, 1.807) is 0 Å². The van der Waals surface area contributed by atoms with Gasteiger partial charge in [-0.1, -0.05) is 6.08 Å². The summed E-state index contributed by atoms with van der Waals surface area (Å²) in [6.45, 7) is 8.32. The zero-order chi connectivity index (χ0) is 11.3. The molecule has 1 aromatic carbocycles. The van der Waals surface area contributed by atoms with Crippen LogP contribution in [0.5, 0.6) is 5.75 Å². The van der Waals surface area contributed by atoms with Crippen LogP contribution < -0.4 is 15.8 Å². The number of ether oxygens (including phenoxy) is 1. The van der Waals surface area contributed by atoms with Crippen molar-refractivity contribution in [2.45, 2.75) is 19.9 Å². The molecule has 1 atom stereocenters. The topological polar surface area (TPSA) is 47.3 Å². The molecule has 82 valence electrons. The standard InChI is InChI=1S/C12H18N2O/c1-4-9(3)14-11-6-10(13)7-12(8-11)15-5-2/h4,6-9,14H,1,5,13H2,2-3H3. The highest BCUT2D eigenvalue weighted by Gasteiger charge is 2.01. The van der Waals surface area contributed by atoms with Gasteiger partial charge in [0.15, 0.2) is 0 Å². The van der Waals surface area contributed by atoms with E-state index in [4.69, 9.17) is 10.5 Å². The van der Waals surface area contributed by atoms with Crippen molar-refractivity contribution >= 4 is 11.4 Å². The van der Waals surface area contributed by atoms with E-state index < -0.39 is 0 Å². The Labute approximate surface area is 90.9 Å². The quantitative estimate of drug-likeness (QED) is 0.575. The molecule has 0 saturated carbocycles. The molecule has 0 aliphatic carbocycles. The molecule has 0 spiro atoms. The van der Waals surface area contributed by atoms with Crippen molar-refractivity contribution in [3.8, 4) is 5.75 Å². The minimum absolute atomic E-state index is 0.210. The van der Waals surface area contributed by atoms with E-state index in [1.807, 2.05) is 38.1 Å². The van der Waals surface area contributed by atoms with Crippen molar-refractivity contribution in [1.82, 2.24) is 0 Å². The first-order valence-electron chi connectivity index (χ1n) is 5.08. The summed E-state index contributed by atoms with van der Waals surface area (Å²) in [5.41, 5.74) is 7.41. The van der Waals surface area contributed by atoms with Gasteiger partial charge < -0.3 is 15.8 Å². The van der Waals surface area contributed by atoms with E-state index in [9.17, 15) is 0 Å². The molecular formula is C12H18N2O. The fourth-order valence-electron chi connectivity index (χ4n) is 1.28. The smallest absolute Gasteiger partial charge is 0.123 e. The van der Waals surface area contributed by atoms with Crippen molar-refractivity contribution < 1.29 is 4.74 Å². The van der Waals surface area contributed by atoms with Gasteiger partial charge >= 0.3 is 0 Å². The fourth-order valence-corrected chi connectivity index (χ4v) is 1.28. The molecule has 0 aliphatic heterocycles. The first-order valence-corrected chi connectivity index (χ1v) is 5.08. The zero-order valence-electron chi connectivity index (χ0n) is 9.29. The summed E-state index contributed by atoms with van der Waals surface area (Å²) in [7, 11) is 0. The first-order chi connectivity index (χ1) is 7.15. The number of hydrogen-bond donors (Lipinski definition) is 2. The lowest BCUT2D eigenvalue weighted by atomic mass is 10.2. The molecule has 1 rings (SSSR count). The Bertz CT molecular complexity index is 336. The molecule has 0 saturated heterocycles. The van der Waals surface area contributed by atoms with Crippen LogP contribution in [-0.2, 0) is 0 Å². The third-order valence-electron chi connectivity index (χ3n) is 1.99. The summed E-state index contributed by atoms with van der Waals surface area (Å²) in [6.07, 6.45) is 1.84. The number of benzene rings is 1. The maximum Gasteiger partial charge on any atom is 0.123 e. The fraction of sp³-hybridized carbons (Fsp3) is 0.333. The Morgan fingerprint density at radius 1 is 1.53 bits per heavy atom. The predicted octanol–water partition coefficient (Wildman–Crippen LogP) is 2.65. The summed E-state index contributed by atoms with van der Waals surface area (Å²) in [4.78, 5) is 0. The van der Waals surface area contributed by atoms with Gasteiger partial charge in [-0.15, -0.1) is 6.58 Å². The van der Waals surface area contributed by atoms with Gasteiger partial charge in [-0.25, -0.2) is 0 Å². The lowest BCUT2D eigenvalue weighted by molar-refractivity contribution is 0.340. The summed E-state index contributed by atoms with van der Waals surface area (Å²) < 4.78 is 5.40. The predicted molar refractivity (Wildman–Crippen MR) is 65.3 cm³/mol. The molecule has 3 heteroatoms. The van der Waals surface area contributed by atoms with Crippen molar-refractivity contribution in [2.75, 3.05) is 17.7 Å². The van der Waals surface area contributed by atoms with Gasteiger partial charge in [0.2, 0.25) is 0 Å². The summed E-state index contributed by atoms with van der Waals surface area (Å²) in [5, 5.41) is 3.25. The highest BCUT2D eigenvalue weighted by molar-refractivity contribution is 5.59. The van der Waals surface area contributed by atoms with Gasteiger partial charge in [0.05, 0.1) is 6.61 Å². The van der Waals surface area contributed by atoms with E-state index >= 15 is 0 Å². The lowest BCUT2D eigenvalue weighted by Gasteiger charge is -2.13. The van der Waals surface area contributed by atoms with Gasteiger partial charge in [-0.2, -0.15) is 0 Å². The number of nitrogens with one attached hydrogen (secondary N) is 1. The third kappa shape index (κ3) is 3.54. The first kappa shape index (κ1) is 11.4. The second-order valence-electron chi connectivity index (χ2n) is 3.39. The van der Waals surface area contributed by atoms with Crippen LogP contribution in [-0.4, -0.2) is 12.6 Å². The van der Waals surface area contributed by atoms with Crippen molar-refractivity contribution in [2.24, 2.45) is 0 Å². The van der Waals surface area contributed by atoms with Crippen molar-refractivity contribution in [1.29, 1.82) is 0 Å². The van der Waals surface area contributed by atoms with Gasteiger partial charge in [0.25, 0.3) is 0 Å². The van der Waals surface area contributed by atoms with Crippen LogP contribution in [0.3, 0.4) is 0 Å². The molecule has 3 nitrogen and oxygen atoms in total. The minimum atomic E-state index is 0.210. The second-order valence-corrected chi connectivity index (χ2v) is 3.39. The zero-order valence-corrected chi connectivity index (χ0v) is 9.29. The van der Waals surface area contributed by atoms with Crippen molar-refractivity contribution in [3.05, 3.63) is 30.9 Å². The molecule has 1 aromatic rings. The molecule has 0 amide bonds. The van der Waals surface area contributed by atoms with Gasteiger partial charge in [-0.05, 0) is 19.9 Å². The van der Waals surface area contributed by atoms with Crippen LogP contribution in [0.2, 0.25) is 0 Å². The lowest BCUT2D eigenvalue weighted by Crippen LogP contribution is -2.11. The Kier molecular flexibility index (Phi) is 4.03. The van der Waals surface area contributed by atoms with E-state index in [1.165, 1.54) is 0 Å². The minimum Gasteiger partial charge on any atom is -0.494 e. The monoisotopic (exact) mass is 206 g/mol. The van der Waals surface area contributed by atoms with Gasteiger partial charge in [0.1, 0.15) is 5.75 Å². The Morgan fingerprint density at radius 2 is 2.27 bits per heavy atom. The summed E-state index contributed by atoms with van der Waals surface area (Å²) in [5.74, 6) is 0.788. The Morgan fingerprint density at radius 3 is 2.87 bits per heavy atom. The average Bonchev–Trinajstić information content (AvgIpc) is 2.17. The maximum atomic E-state index is 5.76. The Hall–Kier alpha value is -1.64. The molecule has 15 heavy (non-hydrogen) atoms. The van der Waals surface area contributed by atoms with Gasteiger partial charge in [0, 0.05) is 29.5 Å². The molecule has 0 aliphatic rings. The normalized spacial score (nSPS) is 11.9. The number of hydrogen-bond acceptors (Lipinski definition) is 3. The largest absolute Gasteiger partial charge is 0.494 e. The maximum absolute atomic E-state index is 5.76. The highest BCUT2D eigenvalue weighted by Crippen LogP contribution is 2.23. The van der Waals surface area contributed by atoms with Crippen LogP contribution in [0.1, 0.15) is 13.8 Å². The summed E-state index contributed by atoms with van der Waals surface area (Å²) >= 11 is 0. The van der Waals surface area contributed by atoms with Crippen LogP contribution in [0.4, 0.5) is 11.4 Å². The third-order valence-corrected chi connectivity index (χ3v) is 1.99. The number of nitrogens with two attached hydrogens (primary N) is 1. The molecule has 0 bridgehead atoms. The molecule has 1 unspecified atom stereocenters. The van der Waals surface area contributed by atoms with Crippen LogP contribution >= 0.6 is 0 Å². The van der Waals surface area contributed by atoms with Crippen LogP contribution in [0, 0.1) is 0 Å². The second kappa shape index (κ2) is 5.29. The van der Waals surface area contributed by atoms with E-state index in [2.05, 4.69) is 11.9 Å². The van der Waals surface area contributed by atoms with Crippen molar-refractivity contribution in [3.63, 3.8) is 0 Å². The van der Waals surface area contributed by atoms with E-state index in [0.29, 0.717) is 12.3 Å². The van der Waals surface area contributed by atoms with E-state index in [-0.39, 0.29) is 6.04 Å². The van der Waals surface area contributed by atoms with Crippen LogP contribution in [0.15, 0.2) is 30.9 Å². The van der Waals surface area contributed by atoms with Gasteiger partial charge in [-0.3, -0.25) is 0 Å². The Balaban J connectivity index is 2.83. The number of anilines is 2. The van der Waals surface area contributed by atoms with E-state index in [0.717, 1.165) is 11.4 Å². The molecular weight excluding hydrogens is 188 g/mol. The molecule has 0 fully saturated rings.